The topological polar surface area (TPSA) is 81.8 Å². The van der Waals surface area contributed by atoms with Crippen LogP contribution in [0.4, 0.5) is 17.6 Å². The lowest BCUT2D eigenvalue weighted by Gasteiger charge is -2.43. The highest BCUT2D eigenvalue weighted by atomic mass is 32.1. The summed E-state index contributed by atoms with van der Waals surface area (Å²) in [6.07, 6.45) is 6.27. The zero-order valence-electron chi connectivity index (χ0n) is 15.7. The van der Waals surface area contributed by atoms with Crippen molar-refractivity contribution >= 4 is 39.1 Å². The largest absolute Gasteiger partial charge is 0.341 e. The summed E-state index contributed by atoms with van der Waals surface area (Å²) in [5.41, 5.74) is 1.02. The number of hydrogen-bond donors (Lipinski definition) is 3. The number of anilines is 3. The SMILES string of the molecule is Cc1cc(Nc2nc(N(C)C3CC4CCCC(C3)N4)nc3sccc23)n[nH]1. The van der Waals surface area contributed by atoms with Gasteiger partial charge in [0.25, 0.3) is 0 Å². The molecule has 3 aromatic rings. The average molecular weight is 384 g/mol. The van der Waals surface area contributed by atoms with Gasteiger partial charge in [-0.15, -0.1) is 11.3 Å². The Bertz CT molecular complexity index is 937. The van der Waals surface area contributed by atoms with Gasteiger partial charge in [-0.25, -0.2) is 4.98 Å². The lowest BCUT2D eigenvalue weighted by Crippen LogP contribution is -2.54. The monoisotopic (exact) mass is 383 g/mol. The summed E-state index contributed by atoms with van der Waals surface area (Å²) in [7, 11) is 2.14. The van der Waals surface area contributed by atoms with Crippen molar-refractivity contribution in [3.63, 3.8) is 0 Å². The van der Waals surface area contributed by atoms with Crippen molar-refractivity contribution in [3.05, 3.63) is 23.2 Å². The van der Waals surface area contributed by atoms with E-state index in [-0.39, 0.29) is 0 Å². The molecular weight excluding hydrogens is 358 g/mol. The molecule has 0 aromatic carbocycles. The Hall–Kier alpha value is -2.19. The molecule has 0 saturated carbocycles. The van der Waals surface area contributed by atoms with E-state index < -0.39 is 0 Å². The highest BCUT2D eigenvalue weighted by molar-refractivity contribution is 7.16. The van der Waals surface area contributed by atoms with Gasteiger partial charge in [-0.2, -0.15) is 10.1 Å². The second kappa shape index (κ2) is 6.76. The molecule has 142 valence electrons. The minimum absolute atomic E-state index is 0.486. The number of H-pyrrole nitrogens is 1. The van der Waals surface area contributed by atoms with E-state index in [0.29, 0.717) is 18.1 Å². The number of aryl methyl sites for hydroxylation is 1. The number of thiophene rings is 1. The Morgan fingerprint density at radius 1 is 1.22 bits per heavy atom. The Morgan fingerprint density at radius 2 is 2.04 bits per heavy atom. The van der Waals surface area contributed by atoms with Crippen molar-refractivity contribution in [1.29, 1.82) is 0 Å². The molecule has 2 bridgehead atoms. The smallest absolute Gasteiger partial charge is 0.228 e. The van der Waals surface area contributed by atoms with E-state index in [4.69, 9.17) is 9.97 Å². The third kappa shape index (κ3) is 3.27. The fourth-order valence-electron chi connectivity index (χ4n) is 4.42. The number of fused-ring (bicyclic) bond motifs is 3. The molecule has 2 aliphatic rings. The number of nitrogens with one attached hydrogen (secondary N) is 3. The molecule has 3 aromatic heterocycles. The standard InChI is InChI=1S/C19H25N7S/c1-11-8-16(25-24-11)21-17-15-6-7-27-18(15)23-19(22-17)26(2)14-9-12-4-3-5-13(10-14)20-12/h6-8,12-14,20H,3-5,9-10H2,1-2H3,(H2,21,22,23,24,25). The zero-order chi connectivity index (χ0) is 18.4. The Morgan fingerprint density at radius 3 is 2.78 bits per heavy atom. The van der Waals surface area contributed by atoms with Crippen molar-refractivity contribution < 1.29 is 0 Å². The second-order valence-corrected chi connectivity index (χ2v) is 8.69. The minimum Gasteiger partial charge on any atom is -0.341 e. The van der Waals surface area contributed by atoms with Crippen molar-refractivity contribution in [1.82, 2.24) is 25.5 Å². The van der Waals surface area contributed by atoms with Crippen LogP contribution in [-0.2, 0) is 0 Å². The van der Waals surface area contributed by atoms with Gasteiger partial charge >= 0.3 is 0 Å². The maximum absolute atomic E-state index is 4.88. The van der Waals surface area contributed by atoms with E-state index in [2.05, 4.69) is 44.2 Å². The molecular formula is C19H25N7S. The highest BCUT2D eigenvalue weighted by Gasteiger charge is 2.34. The Kier molecular flexibility index (Phi) is 4.24. The summed E-state index contributed by atoms with van der Waals surface area (Å²) in [4.78, 5) is 13.0. The summed E-state index contributed by atoms with van der Waals surface area (Å²) in [5.74, 6) is 2.40. The van der Waals surface area contributed by atoms with Gasteiger partial charge < -0.3 is 15.5 Å². The van der Waals surface area contributed by atoms with Gasteiger partial charge in [0.2, 0.25) is 5.95 Å². The zero-order valence-corrected chi connectivity index (χ0v) is 16.5. The van der Waals surface area contributed by atoms with E-state index in [1.807, 2.05) is 13.0 Å². The molecule has 2 unspecified atom stereocenters. The van der Waals surface area contributed by atoms with Gasteiger partial charge in [0, 0.05) is 36.9 Å². The first-order chi connectivity index (χ1) is 13.2. The third-order valence-corrected chi connectivity index (χ3v) is 6.63. The second-order valence-electron chi connectivity index (χ2n) is 7.80. The molecule has 5 rings (SSSR count). The average Bonchev–Trinajstić information content (AvgIpc) is 3.29. The van der Waals surface area contributed by atoms with Crippen LogP contribution in [0.1, 0.15) is 37.8 Å². The van der Waals surface area contributed by atoms with Gasteiger partial charge in [0.1, 0.15) is 10.6 Å². The third-order valence-electron chi connectivity index (χ3n) is 5.82. The van der Waals surface area contributed by atoms with E-state index in [0.717, 1.165) is 33.5 Å². The molecule has 8 heteroatoms. The van der Waals surface area contributed by atoms with E-state index in [9.17, 15) is 0 Å². The molecule has 2 atom stereocenters. The van der Waals surface area contributed by atoms with E-state index in [1.165, 1.54) is 32.1 Å². The molecule has 2 aliphatic heterocycles. The van der Waals surface area contributed by atoms with Crippen LogP contribution in [0.5, 0.6) is 0 Å². The van der Waals surface area contributed by atoms with Gasteiger partial charge in [-0.05, 0) is 44.1 Å². The van der Waals surface area contributed by atoms with Gasteiger partial charge in [0.05, 0.1) is 5.39 Å². The van der Waals surface area contributed by atoms with Gasteiger partial charge in [-0.1, -0.05) is 6.42 Å². The van der Waals surface area contributed by atoms with Crippen LogP contribution in [0.25, 0.3) is 10.2 Å². The summed E-state index contributed by atoms with van der Waals surface area (Å²) >= 11 is 1.65. The van der Waals surface area contributed by atoms with E-state index in [1.54, 1.807) is 11.3 Å². The number of aromatic amines is 1. The molecule has 0 radical (unpaired) electrons. The number of nitrogens with zero attached hydrogens (tertiary/aromatic N) is 4. The molecule has 0 aliphatic carbocycles. The fourth-order valence-corrected chi connectivity index (χ4v) is 5.17. The number of rotatable bonds is 4. The summed E-state index contributed by atoms with van der Waals surface area (Å²) < 4.78 is 0. The van der Waals surface area contributed by atoms with Crippen molar-refractivity contribution in [2.75, 3.05) is 17.3 Å². The van der Waals surface area contributed by atoms with Crippen LogP contribution < -0.4 is 15.5 Å². The van der Waals surface area contributed by atoms with Gasteiger partial charge in [0.15, 0.2) is 5.82 Å². The quantitative estimate of drug-likeness (QED) is 0.639. The minimum atomic E-state index is 0.486. The first kappa shape index (κ1) is 16.9. The maximum Gasteiger partial charge on any atom is 0.228 e. The van der Waals surface area contributed by atoms with Crippen molar-refractivity contribution in [2.45, 2.75) is 57.2 Å². The molecule has 2 fully saturated rings. The van der Waals surface area contributed by atoms with Crippen LogP contribution >= 0.6 is 11.3 Å². The first-order valence-corrected chi connectivity index (χ1v) is 10.6. The Labute approximate surface area is 162 Å². The lowest BCUT2D eigenvalue weighted by atomic mass is 9.83. The molecule has 5 heterocycles. The van der Waals surface area contributed by atoms with Gasteiger partial charge in [-0.3, -0.25) is 5.10 Å². The van der Waals surface area contributed by atoms with Crippen LogP contribution in [0.2, 0.25) is 0 Å². The Balaban J connectivity index is 1.46. The summed E-state index contributed by atoms with van der Waals surface area (Å²) in [5, 5.41) is 17.5. The molecule has 2 saturated heterocycles. The molecule has 3 N–H and O–H groups in total. The number of hydrogen-bond acceptors (Lipinski definition) is 7. The predicted molar refractivity (Wildman–Crippen MR) is 110 cm³/mol. The normalized spacial score (nSPS) is 24.9. The lowest BCUT2D eigenvalue weighted by molar-refractivity contribution is 0.219. The van der Waals surface area contributed by atoms with Crippen LogP contribution in [0.3, 0.4) is 0 Å². The number of aromatic nitrogens is 4. The molecule has 0 spiro atoms. The summed E-state index contributed by atoms with van der Waals surface area (Å²) in [6.45, 7) is 1.99. The van der Waals surface area contributed by atoms with Crippen molar-refractivity contribution in [2.24, 2.45) is 0 Å². The first-order valence-electron chi connectivity index (χ1n) is 9.69. The summed E-state index contributed by atoms with van der Waals surface area (Å²) in [6, 6.07) is 5.82. The predicted octanol–water partition coefficient (Wildman–Crippen LogP) is 3.58. The van der Waals surface area contributed by atoms with Crippen LogP contribution in [0.15, 0.2) is 17.5 Å². The van der Waals surface area contributed by atoms with E-state index >= 15 is 0 Å². The van der Waals surface area contributed by atoms with Crippen molar-refractivity contribution in [3.8, 4) is 0 Å². The fraction of sp³-hybridized carbons (Fsp3) is 0.526. The molecule has 27 heavy (non-hydrogen) atoms. The maximum atomic E-state index is 4.88. The molecule has 7 nitrogen and oxygen atoms in total. The number of piperidine rings is 2. The van der Waals surface area contributed by atoms with Crippen LogP contribution in [0, 0.1) is 6.92 Å². The highest BCUT2D eigenvalue weighted by Crippen LogP contribution is 2.33. The van der Waals surface area contributed by atoms with Crippen LogP contribution in [-0.4, -0.2) is 45.3 Å². The molecule has 0 amide bonds.